The predicted molar refractivity (Wildman–Crippen MR) is 86.5 cm³/mol. The van der Waals surface area contributed by atoms with Gasteiger partial charge in [-0.25, -0.2) is 4.79 Å². The number of hydrogen-bond donors (Lipinski definition) is 0. The standard InChI is InChI=1S/C19H17NO2/c1-15-6-5-7-17(14-15)16-10-12-20(13-11-16)19(21)22-18-8-3-2-4-9-18/h2-14,16H,1H3. The molecule has 0 atom stereocenters. The van der Waals surface area contributed by atoms with Crippen molar-refractivity contribution < 1.29 is 9.53 Å². The van der Waals surface area contributed by atoms with Gasteiger partial charge in [0.15, 0.2) is 0 Å². The number of nitrogens with zero attached hydrogens (tertiary/aromatic N) is 1. The zero-order valence-corrected chi connectivity index (χ0v) is 12.3. The third-order valence-corrected chi connectivity index (χ3v) is 3.49. The molecule has 0 radical (unpaired) electrons. The van der Waals surface area contributed by atoms with E-state index in [1.807, 2.05) is 36.4 Å². The minimum atomic E-state index is -0.415. The molecule has 0 saturated carbocycles. The highest BCUT2D eigenvalue weighted by Gasteiger charge is 2.16. The fourth-order valence-corrected chi connectivity index (χ4v) is 2.35. The topological polar surface area (TPSA) is 29.5 Å². The monoisotopic (exact) mass is 291 g/mol. The minimum Gasteiger partial charge on any atom is -0.410 e. The molecule has 1 aliphatic heterocycles. The largest absolute Gasteiger partial charge is 0.423 e. The normalized spacial score (nSPS) is 14.1. The molecule has 0 aliphatic carbocycles. The van der Waals surface area contributed by atoms with Crippen LogP contribution in [0.5, 0.6) is 5.75 Å². The second-order valence-corrected chi connectivity index (χ2v) is 5.21. The molecule has 0 spiro atoms. The molecule has 0 saturated heterocycles. The molecule has 1 amide bonds. The number of hydrogen-bond acceptors (Lipinski definition) is 2. The number of carbonyl (C=O) groups is 1. The average molecular weight is 291 g/mol. The molecule has 0 N–H and O–H groups in total. The molecule has 1 heterocycles. The number of carbonyl (C=O) groups excluding carboxylic acids is 1. The van der Waals surface area contributed by atoms with Crippen LogP contribution in [0.25, 0.3) is 0 Å². The summed E-state index contributed by atoms with van der Waals surface area (Å²) < 4.78 is 5.30. The second-order valence-electron chi connectivity index (χ2n) is 5.21. The Labute approximate surface area is 130 Å². The summed E-state index contributed by atoms with van der Waals surface area (Å²) in [6.45, 7) is 2.07. The average Bonchev–Trinajstić information content (AvgIpc) is 2.56. The van der Waals surface area contributed by atoms with Gasteiger partial charge in [-0.2, -0.15) is 0 Å². The van der Waals surface area contributed by atoms with Crippen LogP contribution in [-0.4, -0.2) is 11.0 Å². The van der Waals surface area contributed by atoms with Gasteiger partial charge in [-0.1, -0.05) is 60.2 Å². The van der Waals surface area contributed by atoms with Crippen molar-refractivity contribution in [2.75, 3.05) is 0 Å². The van der Waals surface area contributed by atoms with Gasteiger partial charge in [-0.3, -0.25) is 4.90 Å². The van der Waals surface area contributed by atoms with E-state index in [1.165, 1.54) is 16.0 Å². The van der Waals surface area contributed by atoms with Crippen LogP contribution in [0.2, 0.25) is 0 Å². The molecular weight excluding hydrogens is 274 g/mol. The number of rotatable bonds is 2. The lowest BCUT2D eigenvalue weighted by atomic mass is 9.96. The summed E-state index contributed by atoms with van der Waals surface area (Å²) in [7, 11) is 0. The minimum absolute atomic E-state index is 0.181. The molecule has 3 rings (SSSR count). The molecule has 3 heteroatoms. The van der Waals surface area contributed by atoms with E-state index in [0.717, 1.165) is 0 Å². The van der Waals surface area contributed by atoms with Gasteiger partial charge in [0.1, 0.15) is 5.75 Å². The molecule has 0 bridgehead atoms. The fourth-order valence-electron chi connectivity index (χ4n) is 2.35. The van der Waals surface area contributed by atoms with Crippen molar-refractivity contribution in [2.24, 2.45) is 0 Å². The van der Waals surface area contributed by atoms with Crippen molar-refractivity contribution in [1.82, 2.24) is 4.90 Å². The number of allylic oxidation sites excluding steroid dienone is 2. The smallest absolute Gasteiger partial charge is 0.410 e. The quantitative estimate of drug-likeness (QED) is 0.808. The molecule has 0 unspecified atom stereocenters. The Bertz CT molecular complexity index is 705. The summed E-state index contributed by atoms with van der Waals surface area (Å²) in [4.78, 5) is 13.5. The summed E-state index contributed by atoms with van der Waals surface area (Å²) in [6, 6.07) is 17.4. The Morgan fingerprint density at radius 2 is 1.73 bits per heavy atom. The molecule has 2 aromatic carbocycles. The number of benzene rings is 2. The van der Waals surface area contributed by atoms with Crippen molar-refractivity contribution in [3.05, 3.63) is 90.3 Å². The van der Waals surface area contributed by atoms with Crippen molar-refractivity contribution in [1.29, 1.82) is 0 Å². The summed E-state index contributed by atoms with van der Waals surface area (Å²) in [5.74, 6) is 0.718. The van der Waals surface area contributed by atoms with E-state index in [4.69, 9.17) is 4.74 Å². The Kier molecular flexibility index (Phi) is 4.05. The van der Waals surface area contributed by atoms with Gasteiger partial charge in [0.25, 0.3) is 0 Å². The van der Waals surface area contributed by atoms with E-state index in [2.05, 4.69) is 25.1 Å². The van der Waals surface area contributed by atoms with Crippen LogP contribution in [-0.2, 0) is 0 Å². The molecule has 0 aromatic heterocycles. The van der Waals surface area contributed by atoms with Crippen LogP contribution >= 0.6 is 0 Å². The summed E-state index contributed by atoms with van der Waals surface area (Å²) in [5.41, 5.74) is 2.44. The zero-order chi connectivity index (χ0) is 15.4. The zero-order valence-electron chi connectivity index (χ0n) is 12.3. The predicted octanol–water partition coefficient (Wildman–Crippen LogP) is 4.62. The van der Waals surface area contributed by atoms with Crippen molar-refractivity contribution in [3.8, 4) is 5.75 Å². The van der Waals surface area contributed by atoms with Crippen LogP contribution in [0.3, 0.4) is 0 Å². The molecule has 3 nitrogen and oxygen atoms in total. The fraction of sp³-hybridized carbons (Fsp3) is 0.105. The van der Waals surface area contributed by atoms with Gasteiger partial charge in [0, 0.05) is 18.3 Å². The first-order valence-corrected chi connectivity index (χ1v) is 7.21. The lowest BCUT2D eigenvalue weighted by molar-refractivity contribution is 0.181. The third kappa shape index (κ3) is 3.26. The van der Waals surface area contributed by atoms with E-state index in [0.29, 0.717) is 5.75 Å². The maximum Gasteiger partial charge on any atom is 0.423 e. The van der Waals surface area contributed by atoms with Gasteiger partial charge in [0.05, 0.1) is 0 Å². The molecular formula is C19H17NO2. The van der Waals surface area contributed by atoms with Gasteiger partial charge in [-0.05, 0) is 24.6 Å². The molecule has 0 fully saturated rings. The van der Waals surface area contributed by atoms with Gasteiger partial charge in [0.2, 0.25) is 0 Å². The SMILES string of the molecule is Cc1cccc(C2C=CN(C(=O)Oc3ccccc3)C=C2)c1. The number of aryl methyl sites for hydroxylation is 1. The highest BCUT2D eigenvalue weighted by atomic mass is 16.6. The second kappa shape index (κ2) is 6.31. The number of ether oxygens (including phenoxy) is 1. The summed E-state index contributed by atoms with van der Waals surface area (Å²) >= 11 is 0. The maximum absolute atomic E-state index is 12.1. The van der Waals surface area contributed by atoms with Crippen molar-refractivity contribution in [2.45, 2.75) is 12.8 Å². The third-order valence-electron chi connectivity index (χ3n) is 3.49. The Morgan fingerprint density at radius 1 is 1.00 bits per heavy atom. The first kappa shape index (κ1) is 14.1. The molecule has 2 aromatic rings. The van der Waals surface area contributed by atoms with Crippen LogP contribution in [0, 0.1) is 6.92 Å². The van der Waals surface area contributed by atoms with Gasteiger partial charge in [-0.15, -0.1) is 0 Å². The lowest BCUT2D eigenvalue weighted by Gasteiger charge is -2.20. The molecule has 1 aliphatic rings. The van der Waals surface area contributed by atoms with E-state index in [-0.39, 0.29) is 5.92 Å². The lowest BCUT2D eigenvalue weighted by Crippen LogP contribution is -2.25. The summed E-state index contributed by atoms with van der Waals surface area (Å²) in [5, 5.41) is 0. The van der Waals surface area contributed by atoms with E-state index in [9.17, 15) is 4.79 Å². The first-order chi connectivity index (χ1) is 10.7. The van der Waals surface area contributed by atoms with E-state index >= 15 is 0 Å². The van der Waals surface area contributed by atoms with Gasteiger partial charge < -0.3 is 4.74 Å². The number of para-hydroxylation sites is 1. The van der Waals surface area contributed by atoms with Crippen LogP contribution < -0.4 is 4.74 Å². The van der Waals surface area contributed by atoms with Crippen molar-refractivity contribution in [3.63, 3.8) is 0 Å². The Hall–Kier alpha value is -2.81. The Morgan fingerprint density at radius 3 is 2.41 bits per heavy atom. The Balaban J connectivity index is 1.66. The van der Waals surface area contributed by atoms with E-state index in [1.54, 1.807) is 24.5 Å². The molecule has 110 valence electrons. The summed E-state index contributed by atoms with van der Waals surface area (Å²) in [6.07, 6.45) is 7.06. The van der Waals surface area contributed by atoms with Gasteiger partial charge >= 0.3 is 6.09 Å². The van der Waals surface area contributed by atoms with Crippen LogP contribution in [0.4, 0.5) is 4.79 Å². The molecule has 22 heavy (non-hydrogen) atoms. The van der Waals surface area contributed by atoms with Crippen molar-refractivity contribution >= 4 is 6.09 Å². The number of amides is 1. The van der Waals surface area contributed by atoms with Crippen LogP contribution in [0.15, 0.2) is 79.1 Å². The van der Waals surface area contributed by atoms with Crippen LogP contribution in [0.1, 0.15) is 17.0 Å². The highest BCUT2D eigenvalue weighted by molar-refractivity contribution is 5.73. The maximum atomic E-state index is 12.1. The highest BCUT2D eigenvalue weighted by Crippen LogP contribution is 2.24. The van der Waals surface area contributed by atoms with E-state index < -0.39 is 6.09 Å². The first-order valence-electron chi connectivity index (χ1n) is 7.21.